The van der Waals surface area contributed by atoms with Gasteiger partial charge in [0.1, 0.15) is 17.3 Å². The number of ether oxygens (including phenoxy) is 2. The first-order valence-corrected chi connectivity index (χ1v) is 8.19. The number of aromatic nitrogens is 1. The van der Waals surface area contributed by atoms with Crippen molar-refractivity contribution in [2.75, 3.05) is 13.2 Å². The van der Waals surface area contributed by atoms with Gasteiger partial charge in [-0.2, -0.15) is 0 Å². The van der Waals surface area contributed by atoms with E-state index < -0.39 is 22.9 Å². The number of carbonyl (C=O) groups is 2. The number of nitro groups is 1. The minimum absolute atomic E-state index is 0.0340. The molecule has 9 heteroatoms. The van der Waals surface area contributed by atoms with Gasteiger partial charge in [-0.25, -0.2) is 4.79 Å². The van der Waals surface area contributed by atoms with Gasteiger partial charge < -0.3 is 14.8 Å². The van der Waals surface area contributed by atoms with Gasteiger partial charge >= 0.3 is 11.9 Å². The third-order valence-corrected chi connectivity index (χ3v) is 4.03. The van der Waals surface area contributed by atoms with Gasteiger partial charge in [0, 0.05) is 12.3 Å². The number of benzene rings is 1. The Morgan fingerprint density at radius 1 is 1.35 bits per heavy atom. The first kappa shape index (κ1) is 17.7. The van der Waals surface area contributed by atoms with Crippen molar-refractivity contribution in [3.05, 3.63) is 40.6 Å². The van der Waals surface area contributed by atoms with Crippen molar-refractivity contribution in [1.29, 1.82) is 0 Å². The first-order chi connectivity index (χ1) is 12.6. The van der Waals surface area contributed by atoms with E-state index in [1.54, 1.807) is 12.1 Å². The summed E-state index contributed by atoms with van der Waals surface area (Å²) in [6.07, 6.45) is 2.91. The second-order valence-electron chi connectivity index (χ2n) is 5.78. The standard InChI is InChI=1S/C17H17N3O6/c21-15(26-17(22)12-4-2-8-18-12)7-10-25-14-6-5-13(20(23)24)11-3-1-9-19-16(11)14/h1,3,5-6,9,12,18H,2,4,7-8,10H2/t12-/m1/s1. The van der Waals surface area contributed by atoms with Crippen LogP contribution in [-0.4, -0.2) is 41.0 Å². The van der Waals surface area contributed by atoms with Crippen LogP contribution in [0.25, 0.3) is 10.9 Å². The second-order valence-corrected chi connectivity index (χ2v) is 5.78. The molecule has 1 atom stereocenters. The number of nitro benzene ring substituents is 1. The number of fused-ring (bicyclic) bond motifs is 1. The van der Waals surface area contributed by atoms with E-state index >= 15 is 0 Å². The Balaban J connectivity index is 1.60. The Hall–Kier alpha value is -3.07. The lowest BCUT2D eigenvalue weighted by molar-refractivity contribution is -0.383. The quantitative estimate of drug-likeness (QED) is 0.358. The average Bonchev–Trinajstić information content (AvgIpc) is 3.16. The molecular weight excluding hydrogens is 342 g/mol. The van der Waals surface area contributed by atoms with E-state index in [4.69, 9.17) is 9.47 Å². The molecular formula is C17H17N3O6. The zero-order valence-corrected chi connectivity index (χ0v) is 13.8. The fourth-order valence-electron chi connectivity index (χ4n) is 2.77. The molecule has 0 amide bonds. The number of rotatable bonds is 6. The highest BCUT2D eigenvalue weighted by Crippen LogP contribution is 2.31. The number of non-ortho nitro benzene ring substituents is 1. The molecule has 0 aliphatic carbocycles. The van der Waals surface area contributed by atoms with Gasteiger partial charge in [0.05, 0.1) is 23.3 Å². The van der Waals surface area contributed by atoms with E-state index in [9.17, 15) is 19.7 Å². The minimum Gasteiger partial charge on any atom is -0.491 e. The summed E-state index contributed by atoms with van der Waals surface area (Å²) in [4.78, 5) is 38.2. The molecule has 2 heterocycles. The van der Waals surface area contributed by atoms with Crippen molar-refractivity contribution in [3.8, 4) is 5.75 Å². The van der Waals surface area contributed by atoms with Crippen molar-refractivity contribution in [2.24, 2.45) is 0 Å². The summed E-state index contributed by atoms with van der Waals surface area (Å²) in [6, 6.07) is 5.51. The molecule has 1 N–H and O–H groups in total. The van der Waals surface area contributed by atoms with E-state index in [0.717, 1.165) is 13.0 Å². The van der Waals surface area contributed by atoms with Crippen LogP contribution in [0.4, 0.5) is 5.69 Å². The summed E-state index contributed by atoms with van der Waals surface area (Å²) in [7, 11) is 0. The molecule has 1 aliphatic heterocycles. The molecule has 2 aromatic rings. The average molecular weight is 359 g/mol. The fraction of sp³-hybridized carbons (Fsp3) is 0.353. The molecule has 1 fully saturated rings. The summed E-state index contributed by atoms with van der Waals surface area (Å²) in [5, 5.41) is 14.4. The van der Waals surface area contributed by atoms with Crippen molar-refractivity contribution in [1.82, 2.24) is 10.3 Å². The number of nitrogens with zero attached hydrogens (tertiary/aromatic N) is 2. The van der Waals surface area contributed by atoms with Gasteiger partial charge in [0.25, 0.3) is 5.69 Å². The maximum absolute atomic E-state index is 11.8. The summed E-state index contributed by atoms with van der Waals surface area (Å²) in [5.41, 5.74) is 0.260. The van der Waals surface area contributed by atoms with Gasteiger partial charge in [-0.3, -0.25) is 19.9 Å². The normalized spacial score (nSPS) is 16.4. The van der Waals surface area contributed by atoms with Gasteiger partial charge in [-0.05, 0) is 37.6 Å². The van der Waals surface area contributed by atoms with Gasteiger partial charge in [0.2, 0.25) is 0 Å². The highest BCUT2D eigenvalue weighted by atomic mass is 16.6. The Labute approximate surface area is 148 Å². The lowest BCUT2D eigenvalue weighted by Crippen LogP contribution is -2.34. The molecule has 1 aromatic heterocycles. The lowest BCUT2D eigenvalue weighted by atomic mass is 10.1. The van der Waals surface area contributed by atoms with E-state index in [-0.39, 0.29) is 18.7 Å². The first-order valence-electron chi connectivity index (χ1n) is 8.19. The van der Waals surface area contributed by atoms with Crippen molar-refractivity contribution in [2.45, 2.75) is 25.3 Å². The smallest absolute Gasteiger partial charge is 0.330 e. The molecule has 0 spiro atoms. The number of carbonyl (C=O) groups excluding carboxylic acids is 2. The van der Waals surface area contributed by atoms with Crippen LogP contribution in [0, 0.1) is 10.1 Å². The summed E-state index contributed by atoms with van der Waals surface area (Å²) in [6.45, 7) is 0.699. The van der Waals surface area contributed by atoms with Crippen molar-refractivity contribution >= 4 is 28.5 Å². The second kappa shape index (κ2) is 7.87. The van der Waals surface area contributed by atoms with Crippen LogP contribution in [0.3, 0.4) is 0 Å². The largest absolute Gasteiger partial charge is 0.491 e. The zero-order valence-electron chi connectivity index (χ0n) is 13.8. The number of nitrogens with one attached hydrogen (secondary N) is 1. The Bertz CT molecular complexity index is 848. The van der Waals surface area contributed by atoms with E-state index in [0.29, 0.717) is 23.1 Å². The highest BCUT2D eigenvalue weighted by Gasteiger charge is 2.25. The van der Waals surface area contributed by atoms with Crippen LogP contribution in [0.5, 0.6) is 5.75 Å². The fourth-order valence-corrected chi connectivity index (χ4v) is 2.77. The van der Waals surface area contributed by atoms with Gasteiger partial charge in [-0.1, -0.05) is 0 Å². The molecule has 136 valence electrons. The lowest BCUT2D eigenvalue weighted by Gasteiger charge is -2.10. The third-order valence-electron chi connectivity index (χ3n) is 4.03. The SMILES string of the molecule is O=C(CCOc1ccc([N+](=O)[O-])c2cccnc12)OC(=O)[C@H]1CCCN1. The van der Waals surface area contributed by atoms with Crippen LogP contribution in [0.1, 0.15) is 19.3 Å². The molecule has 0 saturated carbocycles. The van der Waals surface area contributed by atoms with Crippen LogP contribution < -0.4 is 10.1 Å². The Kier molecular flexibility index (Phi) is 5.37. The van der Waals surface area contributed by atoms with Crippen molar-refractivity contribution in [3.63, 3.8) is 0 Å². The molecule has 26 heavy (non-hydrogen) atoms. The summed E-state index contributed by atoms with van der Waals surface area (Å²) in [5.74, 6) is -0.930. The predicted molar refractivity (Wildman–Crippen MR) is 90.6 cm³/mol. The predicted octanol–water partition coefficient (Wildman–Crippen LogP) is 1.73. The summed E-state index contributed by atoms with van der Waals surface area (Å²) < 4.78 is 10.3. The topological polar surface area (TPSA) is 121 Å². The Morgan fingerprint density at radius 3 is 2.92 bits per heavy atom. The minimum atomic E-state index is -0.678. The van der Waals surface area contributed by atoms with E-state index in [1.165, 1.54) is 18.3 Å². The zero-order chi connectivity index (χ0) is 18.5. The molecule has 1 saturated heterocycles. The van der Waals surface area contributed by atoms with Gasteiger partial charge in [-0.15, -0.1) is 0 Å². The number of hydrogen-bond donors (Lipinski definition) is 1. The molecule has 0 unspecified atom stereocenters. The molecule has 9 nitrogen and oxygen atoms in total. The van der Waals surface area contributed by atoms with E-state index in [1.807, 2.05) is 0 Å². The van der Waals surface area contributed by atoms with Crippen molar-refractivity contribution < 1.29 is 24.0 Å². The molecule has 3 rings (SSSR count). The number of hydrogen-bond acceptors (Lipinski definition) is 8. The maximum Gasteiger partial charge on any atom is 0.330 e. The molecule has 0 radical (unpaired) electrons. The number of esters is 2. The third kappa shape index (κ3) is 3.94. The van der Waals surface area contributed by atoms with Crippen LogP contribution in [0.15, 0.2) is 30.5 Å². The number of pyridine rings is 1. The van der Waals surface area contributed by atoms with Crippen LogP contribution in [-0.2, 0) is 14.3 Å². The Morgan fingerprint density at radius 2 is 2.19 bits per heavy atom. The summed E-state index contributed by atoms with van der Waals surface area (Å²) >= 11 is 0. The van der Waals surface area contributed by atoms with Crippen LogP contribution >= 0.6 is 0 Å². The van der Waals surface area contributed by atoms with E-state index in [2.05, 4.69) is 10.3 Å². The highest BCUT2D eigenvalue weighted by molar-refractivity contribution is 5.92. The molecule has 1 aliphatic rings. The van der Waals surface area contributed by atoms with Crippen LogP contribution in [0.2, 0.25) is 0 Å². The molecule has 0 bridgehead atoms. The maximum atomic E-state index is 11.8. The molecule has 1 aromatic carbocycles. The van der Waals surface area contributed by atoms with Gasteiger partial charge in [0.15, 0.2) is 0 Å². The monoisotopic (exact) mass is 359 g/mol.